The van der Waals surface area contributed by atoms with E-state index in [1.165, 1.54) is 6.08 Å². The Morgan fingerprint density at radius 1 is 1.36 bits per heavy atom. The maximum atomic E-state index is 10.1. The van der Waals surface area contributed by atoms with Gasteiger partial charge in [-0.05, 0) is 12.1 Å². The van der Waals surface area contributed by atoms with Crippen molar-refractivity contribution in [2.24, 2.45) is 4.99 Å². The first kappa shape index (κ1) is 10.4. The summed E-state index contributed by atoms with van der Waals surface area (Å²) in [5.74, 6) is 0.563. The minimum absolute atomic E-state index is 0.432. The average Bonchev–Trinajstić information content (AvgIpc) is 2.21. The standard InChI is InChI=1S/C10H11NO3/c1-13-6-7-14-10-5-3-2-4-9(10)11-8-12/h2-5H,6-7H2,1H3. The number of benzene rings is 1. The van der Waals surface area contributed by atoms with Crippen molar-refractivity contribution >= 4 is 11.8 Å². The second-order valence-corrected chi connectivity index (χ2v) is 2.51. The molecule has 4 nitrogen and oxygen atoms in total. The minimum atomic E-state index is 0.432. The summed E-state index contributed by atoms with van der Waals surface area (Å²) in [4.78, 5) is 13.6. The second kappa shape index (κ2) is 5.91. The lowest BCUT2D eigenvalue weighted by atomic mass is 10.3. The van der Waals surface area contributed by atoms with E-state index in [-0.39, 0.29) is 0 Å². The van der Waals surface area contributed by atoms with E-state index in [0.717, 1.165) is 0 Å². The lowest BCUT2D eigenvalue weighted by molar-refractivity contribution is 0.146. The van der Waals surface area contributed by atoms with Crippen LogP contribution in [0.3, 0.4) is 0 Å². The molecular weight excluding hydrogens is 182 g/mol. The van der Waals surface area contributed by atoms with Gasteiger partial charge in [-0.3, -0.25) is 0 Å². The van der Waals surface area contributed by atoms with Crippen molar-refractivity contribution < 1.29 is 14.3 Å². The zero-order valence-electron chi connectivity index (χ0n) is 7.90. The highest BCUT2D eigenvalue weighted by Gasteiger charge is 2.00. The third-order valence-electron chi connectivity index (χ3n) is 1.58. The molecule has 0 spiro atoms. The number of ether oxygens (including phenoxy) is 2. The molecule has 0 N–H and O–H groups in total. The van der Waals surface area contributed by atoms with E-state index in [2.05, 4.69) is 4.99 Å². The highest BCUT2D eigenvalue weighted by molar-refractivity contribution is 5.57. The van der Waals surface area contributed by atoms with E-state index in [9.17, 15) is 4.79 Å². The summed E-state index contributed by atoms with van der Waals surface area (Å²) < 4.78 is 10.2. The first-order valence-electron chi connectivity index (χ1n) is 4.17. The third kappa shape index (κ3) is 3.01. The molecule has 0 bridgehead atoms. The molecule has 1 aromatic rings. The van der Waals surface area contributed by atoms with Crippen molar-refractivity contribution in [3.05, 3.63) is 24.3 Å². The molecule has 0 aliphatic heterocycles. The van der Waals surface area contributed by atoms with Gasteiger partial charge in [-0.2, -0.15) is 4.99 Å². The summed E-state index contributed by atoms with van der Waals surface area (Å²) in [7, 11) is 1.60. The van der Waals surface area contributed by atoms with Crippen LogP contribution in [0.5, 0.6) is 5.75 Å². The van der Waals surface area contributed by atoms with Crippen LogP contribution in [0.1, 0.15) is 0 Å². The fourth-order valence-electron chi connectivity index (χ4n) is 0.956. The van der Waals surface area contributed by atoms with E-state index in [0.29, 0.717) is 24.7 Å². The zero-order chi connectivity index (χ0) is 10.2. The van der Waals surface area contributed by atoms with E-state index in [4.69, 9.17) is 9.47 Å². The van der Waals surface area contributed by atoms with Gasteiger partial charge in [-0.15, -0.1) is 0 Å². The van der Waals surface area contributed by atoms with Crippen molar-refractivity contribution in [3.63, 3.8) is 0 Å². The topological polar surface area (TPSA) is 47.9 Å². The van der Waals surface area contributed by atoms with Crippen LogP contribution in [0.15, 0.2) is 29.3 Å². The smallest absolute Gasteiger partial charge is 0.240 e. The molecule has 0 atom stereocenters. The molecule has 0 heterocycles. The largest absolute Gasteiger partial charge is 0.489 e. The quantitative estimate of drug-likeness (QED) is 0.406. The first-order chi connectivity index (χ1) is 6.88. The third-order valence-corrected chi connectivity index (χ3v) is 1.58. The van der Waals surface area contributed by atoms with E-state index >= 15 is 0 Å². The van der Waals surface area contributed by atoms with Gasteiger partial charge in [0.25, 0.3) is 0 Å². The molecule has 0 radical (unpaired) electrons. The molecule has 1 aromatic carbocycles. The highest BCUT2D eigenvalue weighted by Crippen LogP contribution is 2.25. The molecule has 0 unspecified atom stereocenters. The number of hydrogen-bond acceptors (Lipinski definition) is 4. The van der Waals surface area contributed by atoms with Crippen molar-refractivity contribution in [2.45, 2.75) is 0 Å². The van der Waals surface area contributed by atoms with Crippen molar-refractivity contribution in [2.75, 3.05) is 20.3 Å². The summed E-state index contributed by atoms with van der Waals surface area (Å²) in [6.07, 6.45) is 1.48. The molecule has 0 aliphatic rings. The second-order valence-electron chi connectivity index (χ2n) is 2.51. The van der Waals surface area contributed by atoms with Gasteiger partial charge in [0.15, 0.2) is 0 Å². The van der Waals surface area contributed by atoms with Gasteiger partial charge >= 0.3 is 0 Å². The van der Waals surface area contributed by atoms with Gasteiger partial charge in [-0.1, -0.05) is 12.1 Å². The molecule has 0 aliphatic carbocycles. The van der Waals surface area contributed by atoms with Crippen LogP contribution in [0.2, 0.25) is 0 Å². The summed E-state index contributed by atoms with van der Waals surface area (Å²) in [5.41, 5.74) is 0.485. The summed E-state index contributed by atoms with van der Waals surface area (Å²) in [6, 6.07) is 7.02. The molecule has 0 saturated heterocycles. The maximum Gasteiger partial charge on any atom is 0.240 e. The number of hydrogen-bond donors (Lipinski definition) is 0. The van der Waals surface area contributed by atoms with Crippen LogP contribution >= 0.6 is 0 Å². The maximum absolute atomic E-state index is 10.1. The van der Waals surface area contributed by atoms with E-state index in [1.54, 1.807) is 25.3 Å². The predicted molar refractivity (Wildman–Crippen MR) is 51.6 cm³/mol. The molecule has 4 heteroatoms. The molecule has 0 fully saturated rings. The fourth-order valence-corrected chi connectivity index (χ4v) is 0.956. The van der Waals surface area contributed by atoms with Gasteiger partial charge in [0, 0.05) is 7.11 Å². The summed E-state index contributed by atoms with van der Waals surface area (Å²) >= 11 is 0. The lowest BCUT2D eigenvalue weighted by Gasteiger charge is -2.06. The van der Waals surface area contributed by atoms with Crippen molar-refractivity contribution in [1.82, 2.24) is 0 Å². The minimum Gasteiger partial charge on any atom is -0.489 e. The number of methoxy groups -OCH3 is 1. The Hall–Kier alpha value is -1.64. The molecule has 0 saturated carbocycles. The normalized spacial score (nSPS) is 9.21. The number of nitrogens with zero attached hydrogens (tertiary/aromatic N) is 1. The monoisotopic (exact) mass is 193 g/mol. The Morgan fingerprint density at radius 2 is 2.14 bits per heavy atom. The Bertz CT molecular complexity index is 332. The number of rotatable bonds is 5. The molecule has 0 aromatic heterocycles. The van der Waals surface area contributed by atoms with Crippen LogP contribution < -0.4 is 4.74 Å². The summed E-state index contributed by atoms with van der Waals surface area (Å²) in [6.45, 7) is 0.932. The molecular formula is C10H11NO3. The number of para-hydroxylation sites is 2. The lowest BCUT2D eigenvalue weighted by Crippen LogP contribution is -2.04. The number of aliphatic imine (C=N–C) groups is 1. The molecule has 0 amide bonds. The Balaban J connectivity index is 2.69. The van der Waals surface area contributed by atoms with Gasteiger partial charge in [0.2, 0.25) is 6.08 Å². The van der Waals surface area contributed by atoms with Gasteiger partial charge in [0.1, 0.15) is 18.0 Å². The van der Waals surface area contributed by atoms with E-state index < -0.39 is 0 Å². The summed E-state index contributed by atoms with van der Waals surface area (Å²) in [5, 5.41) is 0. The van der Waals surface area contributed by atoms with Crippen molar-refractivity contribution in [1.29, 1.82) is 0 Å². The predicted octanol–water partition coefficient (Wildman–Crippen LogP) is 1.68. The van der Waals surface area contributed by atoms with Crippen LogP contribution in [0.25, 0.3) is 0 Å². The molecule has 74 valence electrons. The Kier molecular flexibility index (Phi) is 4.41. The Labute approximate surface area is 82.2 Å². The molecule has 1 rings (SSSR count). The van der Waals surface area contributed by atoms with Crippen LogP contribution in [-0.4, -0.2) is 26.4 Å². The van der Waals surface area contributed by atoms with E-state index in [1.807, 2.05) is 6.07 Å². The van der Waals surface area contributed by atoms with Gasteiger partial charge in [-0.25, -0.2) is 4.79 Å². The zero-order valence-corrected chi connectivity index (χ0v) is 7.90. The van der Waals surface area contributed by atoms with Gasteiger partial charge in [0.05, 0.1) is 6.61 Å². The molecule has 14 heavy (non-hydrogen) atoms. The number of carbonyl (C=O) groups excluding carboxylic acids is 1. The average molecular weight is 193 g/mol. The SMILES string of the molecule is COCCOc1ccccc1N=C=O. The highest BCUT2D eigenvalue weighted by atomic mass is 16.5. The number of isocyanates is 1. The van der Waals surface area contributed by atoms with Crippen LogP contribution in [-0.2, 0) is 9.53 Å². The fraction of sp³-hybridized carbons (Fsp3) is 0.300. The first-order valence-corrected chi connectivity index (χ1v) is 4.17. The Morgan fingerprint density at radius 3 is 2.86 bits per heavy atom. The van der Waals surface area contributed by atoms with Gasteiger partial charge < -0.3 is 9.47 Å². The van der Waals surface area contributed by atoms with Crippen molar-refractivity contribution in [3.8, 4) is 5.75 Å². The van der Waals surface area contributed by atoms with Crippen LogP contribution in [0, 0.1) is 0 Å². The van der Waals surface area contributed by atoms with Crippen LogP contribution in [0.4, 0.5) is 5.69 Å².